The average molecular weight is 439 g/mol. The second-order valence-corrected chi connectivity index (χ2v) is 7.89. The first-order valence-corrected chi connectivity index (χ1v) is 11.2. The van der Waals surface area contributed by atoms with Gasteiger partial charge in [0.25, 0.3) is 0 Å². The maximum atomic E-state index is 12.7. The summed E-state index contributed by atoms with van der Waals surface area (Å²) in [6.45, 7) is 7.38. The maximum absolute atomic E-state index is 12.7. The van der Waals surface area contributed by atoms with Gasteiger partial charge in [0.15, 0.2) is 5.96 Å². The number of likely N-dealkylation sites (N-methyl/N-ethyl adjacent to an activating group) is 1. The fourth-order valence-corrected chi connectivity index (χ4v) is 3.55. The molecule has 0 aliphatic carbocycles. The second-order valence-electron chi connectivity index (χ2n) is 7.89. The molecule has 1 fully saturated rings. The van der Waals surface area contributed by atoms with Crippen LogP contribution in [0.2, 0.25) is 0 Å². The van der Waals surface area contributed by atoms with Crippen LogP contribution in [0.4, 0.5) is 0 Å². The molecule has 1 saturated heterocycles. The Morgan fingerprint density at radius 3 is 2.72 bits per heavy atom. The molecule has 7 heteroatoms. The molecular formula is C25H34N4O3. The number of ether oxygens (including phenoxy) is 2. The van der Waals surface area contributed by atoms with Gasteiger partial charge in [-0.1, -0.05) is 42.5 Å². The van der Waals surface area contributed by atoms with E-state index in [0.717, 1.165) is 35.5 Å². The van der Waals surface area contributed by atoms with E-state index < -0.39 is 0 Å². The molecule has 0 aromatic heterocycles. The number of aryl methyl sites for hydroxylation is 1. The molecule has 0 saturated carbocycles. The van der Waals surface area contributed by atoms with Crippen LogP contribution in [-0.4, -0.2) is 56.2 Å². The topological polar surface area (TPSA) is 75.2 Å². The van der Waals surface area contributed by atoms with Crippen molar-refractivity contribution in [3.63, 3.8) is 0 Å². The number of nitrogens with one attached hydrogen (secondary N) is 2. The van der Waals surface area contributed by atoms with E-state index in [1.807, 2.05) is 42.2 Å². The highest BCUT2D eigenvalue weighted by atomic mass is 16.5. The van der Waals surface area contributed by atoms with Crippen molar-refractivity contribution in [1.29, 1.82) is 0 Å². The molecule has 1 amide bonds. The number of carbonyl (C=O) groups is 1. The third-order valence-electron chi connectivity index (χ3n) is 5.43. The monoisotopic (exact) mass is 438 g/mol. The normalized spacial score (nSPS) is 16.0. The van der Waals surface area contributed by atoms with E-state index in [0.29, 0.717) is 32.2 Å². The highest BCUT2D eigenvalue weighted by Crippen LogP contribution is 2.23. The summed E-state index contributed by atoms with van der Waals surface area (Å²) in [6, 6.07) is 16.2. The lowest BCUT2D eigenvalue weighted by molar-refractivity contribution is -0.130. The molecule has 3 rings (SSSR count). The van der Waals surface area contributed by atoms with Gasteiger partial charge in [0, 0.05) is 38.7 Å². The second kappa shape index (κ2) is 12.1. The number of hydrogen-bond donors (Lipinski definition) is 2. The standard InChI is InChI=1S/C25H34N4O3/c1-4-29(17-20-8-6-5-7-9-20)24(30)16-28-25(26-3)27-15-21-11-10-19(2)14-23(21)32-22-12-13-31-18-22/h5-11,14,22H,4,12-13,15-18H2,1-3H3,(H2,26,27,28). The summed E-state index contributed by atoms with van der Waals surface area (Å²) in [6.07, 6.45) is 0.999. The molecule has 7 nitrogen and oxygen atoms in total. The molecule has 0 radical (unpaired) electrons. The Kier molecular flexibility index (Phi) is 8.92. The number of guanidine groups is 1. The summed E-state index contributed by atoms with van der Waals surface area (Å²) in [5, 5.41) is 6.42. The molecular weight excluding hydrogens is 404 g/mol. The minimum Gasteiger partial charge on any atom is -0.488 e. The number of aliphatic imine (C=N–C) groups is 1. The molecule has 32 heavy (non-hydrogen) atoms. The van der Waals surface area contributed by atoms with E-state index in [-0.39, 0.29) is 18.6 Å². The van der Waals surface area contributed by atoms with Gasteiger partial charge in [0.1, 0.15) is 11.9 Å². The average Bonchev–Trinajstić information content (AvgIpc) is 3.32. The molecule has 1 aliphatic heterocycles. The van der Waals surface area contributed by atoms with Crippen molar-refractivity contribution in [3.8, 4) is 5.75 Å². The number of benzene rings is 2. The number of hydrogen-bond acceptors (Lipinski definition) is 4. The van der Waals surface area contributed by atoms with Crippen LogP contribution < -0.4 is 15.4 Å². The predicted molar refractivity (Wildman–Crippen MR) is 127 cm³/mol. The third-order valence-corrected chi connectivity index (χ3v) is 5.43. The third kappa shape index (κ3) is 6.99. The van der Waals surface area contributed by atoms with E-state index >= 15 is 0 Å². The highest BCUT2D eigenvalue weighted by molar-refractivity contribution is 5.86. The van der Waals surface area contributed by atoms with Gasteiger partial charge in [-0.05, 0) is 31.0 Å². The zero-order chi connectivity index (χ0) is 22.8. The van der Waals surface area contributed by atoms with Gasteiger partial charge in [-0.15, -0.1) is 0 Å². The van der Waals surface area contributed by atoms with Crippen molar-refractivity contribution in [2.45, 2.75) is 39.5 Å². The lowest BCUT2D eigenvalue weighted by atomic mass is 10.1. The van der Waals surface area contributed by atoms with Crippen molar-refractivity contribution in [2.75, 3.05) is 33.4 Å². The summed E-state index contributed by atoms with van der Waals surface area (Å²) in [5.41, 5.74) is 3.30. The summed E-state index contributed by atoms with van der Waals surface area (Å²) in [5.74, 6) is 1.46. The van der Waals surface area contributed by atoms with Crippen LogP contribution in [0.5, 0.6) is 5.75 Å². The van der Waals surface area contributed by atoms with Crippen LogP contribution in [0.25, 0.3) is 0 Å². The van der Waals surface area contributed by atoms with E-state index in [1.54, 1.807) is 7.05 Å². The van der Waals surface area contributed by atoms with Gasteiger partial charge in [-0.3, -0.25) is 9.79 Å². The molecule has 2 aromatic rings. The molecule has 2 N–H and O–H groups in total. The summed E-state index contributed by atoms with van der Waals surface area (Å²) in [4.78, 5) is 18.8. The molecule has 1 heterocycles. The van der Waals surface area contributed by atoms with Crippen molar-refractivity contribution in [3.05, 3.63) is 65.2 Å². The van der Waals surface area contributed by atoms with Gasteiger partial charge >= 0.3 is 0 Å². The van der Waals surface area contributed by atoms with Crippen molar-refractivity contribution in [1.82, 2.24) is 15.5 Å². The molecule has 0 spiro atoms. The first-order valence-electron chi connectivity index (χ1n) is 11.2. The van der Waals surface area contributed by atoms with E-state index in [2.05, 4.69) is 40.7 Å². The SMILES string of the molecule is CCN(Cc1ccccc1)C(=O)CNC(=NC)NCc1ccc(C)cc1OC1CCOC1. The van der Waals surface area contributed by atoms with Crippen LogP contribution in [-0.2, 0) is 22.6 Å². The summed E-state index contributed by atoms with van der Waals surface area (Å²) >= 11 is 0. The van der Waals surface area contributed by atoms with Gasteiger partial charge in [0.05, 0.1) is 19.8 Å². The zero-order valence-electron chi connectivity index (χ0n) is 19.3. The van der Waals surface area contributed by atoms with E-state index in [4.69, 9.17) is 9.47 Å². The van der Waals surface area contributed by atoms with Crippen LogP contribution in [0.15, 0.2) is 53.5 Å². The molecule has 172 valence electrons. The van der Waals surface area contributed by atoms with Crippen molar-refractivity contribution in [2.24, 2.45) is 4.99 Å². The minimum absolute atomic E-state index is 0.0277. The first kappa shape index (κ1) is 23.6. The Labute approximate surface area is 190 Å². The zero-order valence-corrected chi connectivity index (χ0v) is 19.3. The molecule has 0 bridgehead atoms. The fourth-order valence-electron chi connectivity index (χ4n) is 3.55. The Morgan fingerprint density at radius 2 is 2.03 bits per heavy atom. The van der Waals surface area contributed by atoms with Gasteiger partial charge in [-0.25, -0.2) is 0 Å². The van der Waals surface area contributed by atoms with E-state index in [1.165, 1.54) is 0 Å². The van der Waals surface area contributed by atoms with E-state index in [9.17, 15) is 4.79 Å². The Bertz CT molecular complexity index is 895. The number of rotatable bonds is 9. The first-order chi connectivity index (χ1) is 15.6. The van der Waals surface area contributed by atoms with Gasteiger partial charge in [-0.2, -0.15) is 0 Å². The molecule has 2 aromatic carbocycles. The molecule has 1 unspecified atom stereocenters. The van der Waals surface area contributed by atoms with Crippen molar-refractivity contribution < 1.29 is 14.3 Å². The fraction of sp³-hybridized carbons (Fsp3) is 0.440. The van der Waals surface area contributed by atoms with Crippen LogP contribution in [0.3, 0.4) is 0 Å². The smallest absolute Gasteiger partial charge is 0.242 e. The Morgan fingerprint density at radius 1 is 1.22 bits per heavy atom. The lowest BCUT2D eigenvalue weighted by Gasteiger charge is -2.22. The minimum atomic E-state index is 0.0277. The molecule has 1 atom stereocenters. The summed E-state index contributed by atoms with van der Waals surface area (Å²) < 4.78 is 11.6. The number of carbonyl (C=O) groups excluding carboxylic acids is 1. The Balaban J connectivity index is 1.53. The molecule has 1 aliphatic rings. The van der Waals surface area contributed by atoms with Crippen LogP contribution >= 0.6 is 0 Å². The number of nitrogens with zero attached hydrogens (tertiary/aromatic N) is 2. The van der Waals surface area contributed by atoms with Crippen LogP contribution in [0, 0.1) is 6.92 Å². The van der Waals surface area contributed by atoms with Crippen LogP contribution in [0.1, 0.15) is 30.0 Å². The quantitative estimate of drug-likeness (QED) is 0.465. The maximum Gasteiger partial charge on any atom is 0.242 e. The summed E-state index contributed by atoms with van der Waals surface area (Å²) in [7, 11) is 1.70. The van der Waals surface area contributed by atoms with Crippen molar-refractivity contribution >= 4 is 11.9 Å². The predicted octanol–water partition coefficient (Wildman–Crippen LogP) is 2.88. The lowest BCUT2D eigenvalue weighted by Crippen LogP contribution is -2.44. The van der Waals surface area contributed by atoms with Gasteiger partial charge < -0.3 is 25.0 Å². The highest BCUT2D eigenvalue weighted by Gasteiger charge is 2.19. The van der Waals surface area contributed by atoms with Gasteiger partial charge in [0.2, 0.25) is 5.91 Å². The largest absolute Gasteiger partial charge is 0.488 e. The Hall–Kier alpha value is -3.06. The number of amides is 1.